The van der Waals surface area contributed by atoms with Gasteiger partial charge in [0.05, 0.1) is 7.11 Å². The van der Waals surface area contributed by atoms with Gasteiger partial charge < -0.3 is 4.74 Å². The molecule has 0 heterocycles. The molecule has 134 valence electrons. The zero-order chi connectivity index (χ0) is 18.9. The summed E-state index contributed by atoms with van der Waals surface area (Å²) >= 11 is 0. The maximum absolute atomic E-state index is 12.2. The van der Waals surface area contributed by atoms with E-state index < -0.39 is 0 Å². The molecule has 0 unspecified atom stereocenters. The van der Waals surface area contributed by atoms with Crippen molar-refractivity contribution < 1.29 is 9.53 Å². The molecule has 1 amide bonds. The van der Waals surface area contributed by atoms with Crippen molar-refractivity contribution in [3.8, 4) is 5.75 Å². The number of hydrogen-bond donors (Lipinski definition) is 1. The Balaban J connectivity index is 1.82. The largest absolute Gasteiger partial charge is 0.497 e. The Hall–Kier alpha value is -3.73. The number of aliphatic imine (C=N–C) groups is 1. The number of carbonyl (C=O) groups excluding carboxylic acids is 1. The lowest BCUT2D eigenvalue weighted by Gasteiger charge is -2.04. The van der Waals surface area contributed by atoms with Gasteiger partial charge in [-0.05, 0) is 42.0 Å². The standard InChI is InChI=1S/C22H19N3O2/c1-27-20-14-12-17(13-15-20)16-23-21(18-8-4-2-5-9-18)24-25-22(26)19-10-6-3-7-11-19/h2-16H,1H3,(H,25,26)/b23-16?,24-21+. The normalized spacial score (nSPS) is 11.4. The number of nitrogens with one attached hydrogen (secondary N) is 1. The number of amidine groups is 1. The number of methoxy groups -OCH3 is 1. The predicted molar refractivity (Wildman–Crippen MR) is 107 cm³/mol. The Bertz CT molecular complexity index is 934. The van der Waals surface area contributed by atoms with Crippen LogP contribution in [0.1, 0.15) is 21.5 Å². The fraction of sp³-hybridized carbons (Fsp3) is 0.0455. The van der Waals surface area contributed by atoms with Gasteiger partial charge in [0.15, 0.2) is 5.84 Å². The van der Waals surface area contributed by atoms with Crippen LogP contribution in [-0.4, -0.2) is 25.1 Å². The Kier molecular flexibility index (Phi) is 6.09. The van der Waals surface area contributed by atoms with Crippen molar-refractivity contribution in [2.45, 2.75) is 0 Å². The number of ether oxygens (including phenoxy) is 1. The van der Waals surface area contributed by atoms with Crippen LogP contribution in [0.3, 0.4) is 0 Å². The molecule has 3 rings (SSSR count). The molecule has 0 aliphatic carbocycles. The maximum Gasteiger partial charge on any atom is 0.271 e. The number of nitrogens with zero attached hydrogens (tertiary/aromatic N) is 2. The minimum Gasteiger partial charge on any atom is -0.497 e. The highest BCUT2D eigenvalue weighted by atomic mass is 16.5. The molecular weight excluding hydrogens is 338 g/mol. The number of carbonyl (C=O) groups is 1. The van der Waals surface area contributed by atoms with Crippen LogP contribution in [0.2, 0.25) is 0 Å². The lowest BCUT2D eigenvalue weighted by atomic mass is 10.2. The first kappa shape index (κ1) is 18.1. The van der Waals surface area contributed by atoms with Gasteiger partial charge in [-0.15, -0.1) is 0 Å². The molecule has 0 aromatic heterocycles. The molecule has 0 aliphatic heterocycles. The summed E-state index contributed by atoms with van der Waals surface area (Å²) in [5.74, 6) is 0.901. The molecule has 5 heteroatoms. The summed E-state index contributed by atoms with van der Waals surface area (Å²) in [5, 5.41) is 4.21. The number of amides is 1. The molecule has 0 spiro atoms. The van der Waals surface area contributed by atoms with Crippen molar-refractivity contribution in [2.24, 2.45) is 10.1 Å². The van der Waals surface area contributed by atoms with E-state index in [1.165, 1.54) is 0 Å². The Morgan fingerprint density at radius 1 is 0.852 bits per heavy atom. The lowest BCUT2D eigenvalue weighted by Crippen LogP contribution is -2.19. The van der Waals surface area contributed by atoms with Crippen LogP contribution in [0, 0.1) is 0 Å². The highest BCUT2D eigenvalue weighted by molar-refractivity contribution is 6.06. The summed E-state index contributed by atoms with van der Waals surface area (Å²) in [7, 11) is 1.62. The summed E-state index contributed by atoms with van der Waals surface area (Å²) in [6, 6.07) is 25.9. The topological polar surface area (TPSA) is 63.1 Å². The fourth-order valence-electron chi connectivity index (χ4n) is 2.34. The van der Waals surface area contributed by atoms with Crippen LogP contribution < -0.4 is 10.2 Å². The average Bonchev–Trinajstić information content (AvgIpc) is 2.75. The van der Waals surface area contributed by atoms with Crippen molar-refractivity contribution in [3.05, 3.63) is 102 Å². The van der Waals surface area contributed by atoms with E-state index in [9.17, 15) is 4.79 Å². The van der Waals surface area contributed by atoms with Gasteiger partial charge in [0.1, 0.15) is 5.75 Å². The van der Waals surface area contributed by atoms with E-state index in [2.05, 4.69) is 15.5 Å². The van der Waals surface area contributed by atoms with E-state index in [0.29, 0.717) is 11.4 Å². The molecule has 1 N–H and O–H groups in total. The molecular formula is C22H19N3O2. The average molecular weight is 357 g/mol. The van der Waals surface area contributed by atoms with E-state index >= 15 is 0 Å². The van der Waals surface area contributed by atoms with Crippen molar-refractivity contribution in [1.29, 1.82) is 0 Å². The minimum atomic E-state index is -0.288. The van der Waals surface area contributed by atoms with Crippen LogP contribution >= 0.6 is 0 Å². The Labute approximate surface area is 158 Å². The molecule has 27 heavy (non-hydrogen) atoms. The van der Waals surface area contributed by atoms with E-state index in [4.69, 9.17) is 4.74 Å². The van der Waals surface area contributed by atoms with Crippen LogP contribution in [0.5, 0.6) is 5.75 Å². The van der Waals surface area contributed by atoms with E-state index in [1.54, 1.807) is 37.6 Å². The van der Waals surface area contributed by atoms with Crippen LogP contribution in [0.25, 0.3) is 0 Å². The van der Waals surface area contributed by atoms with Gasteiger partial charge in [-0.3, -0.25) is 4.79 Å². The number of hydrogen-bond acceptors (Lipinski definition) is 3. The van der Waals surface area contributed by atoms with E-state index in [-0.39, 0.29) is 5.91 Å². The molecule has 5 nitrogen and oxygen atoms in total. The third-order valence-electron chi connectivity index (χ3n) is 3.78. The smallest absolute Gasteiger partial charge is 0.271 e. The molecule has 0 radical (unpaired) electrons. The first-order valence-electron chi connectivity index (χ1n) is 8.43. The summed E-state index contributed by atoms with van der Waals surface area (Å²) in [4.78, 5) is 16.7. The molecule has 0 saturated heterocycles. The van der Waals surface area contributed by atoms with E-state index in [1.807, 2.05) is 60.7 Å². The second-order valence-corrected chi connectivity index (χ2v) is 5.64. The van der Waals surface area contributed by atoms with Crippen LogP contribution in [0.15, 0.2) is 95.0 Å². The SMILES string of the molecule is COc1ccc(C=N/C(=N/NC(=O)c2ccccc2)c2ccccc2)cc1. The first-order valence-corrected chi connectivity index (χ1v) is 8.43. The number of rotatable bonds is 5. The Morgan fingerprint density at radius 3 is 2.04 bits per heavy atom. The quantitative estimate of drug-likeness (QED) is 0.427. The van der Waals surface area contributed by atoms with Gasteiger partial charge in [0.25, 0.3) is 5.91 Å². The summed E-state index contributed by atoms with van der Waals surface area (Å²) in [6.45, 7) is 0. The van der Waals surface area contributed by atoms with Gasteiger partial charge in [0, 0.05) is 17.3 Å². The maximum atomic E-state index is 12.2. The zero-order valence-corrected chi connectivity index (χ0v) is 14.9. The van der Waals surface area contributed by atoms with Gasteiger partial charge in [-0.1, -0.05) is 48.5 Å². The molecule has 0 saturated carbocycles. The summed E-state index contributed by atoms with van der Waals surface area (Å²) in [5.41, 5.74) is 4.80. The lowest BCUT2D eigenvalue weighted by molar-refractivity contribution is 0.0955. The van der Waals surface area contributed by atoms with Crippen LogP contribution in [-0.2, 0) is 0 Å². The third-order valence-corrected chi connectivity index (χ3v) is 3.78. The fourth-order valence-corrected chi connectivity index (χ4v) is 2.34. The molecule has 3 aromatic carbocycles. The van der Waals surface area contributed by atoms with Crippen molar-refractivity contribution in [3.63, 3.8) is 0 Å². The van der Waals surface area contributed by atoms with E-state index in [0.717, 1.165) is 16.9 Å². The highest BCUT2D eigenvalue weighted by Crippen LogP contribution is 2.10. The molecule has 0 fully saturated rings. The second-order valence-electron chi connectivity index (χ2n) is 5.64. The second kappa shape index (κ2) is 9.10. The molecule has 0 bridgehead atoms. The summed E-state index contributed by atoms with van der Waals surface area (Å²) < 4.78 is 5.16. The summed E-state index contributed by atoms with van der Waals surface area (Å²) in [6.07, 6.45) is 1.69. The van der Waals surface area contributed by atoms with Crippen molar-refractivity contribution in [2.75, 3.05) is 7.11 Å². The van der Waals surface area contributed by atoms with Crippen LogP contribution in [0.4, 0.5) is 0 Å². The molecule has 0 atom stereocenters. The number of hydrazone groups is 1. The van der Waals surface area contributed by atoms with Gasteiger partial charge >= 0.3 is 0 Å². The van der Waals surface area contributed by atoms with Gasteiger partial charge in [-0.2, -0.15) is 5.10 Å². The molecule has 3 aromatic rings. The monoisotopic (exact) mass is 357 g/mol. The molecule has 0 aliphatic rings. The number of benzene rings is 3. The van der Waals surface area contributed by atoms with Crippen molar-refractivity contribution in [1.82, 2.24) is 5.43 Å². The van der Waals surface area contributed by atoms with Gasteiger partial charge in [0.2, 0.25) is 0 Å². The minimum absolute atomic E-state index is 0.288. The van der Waals surface area contributed by atoms with Crippen molar-refractivity contribution >= 4 is 18.0 Å². The highest BCUT2D eigenvalue weighted by Gasteiger charge is 2.05. The zero-order valence-electron chi connectivity index (χ0n) is 14.9. The predicted octanol–water partition coefficient (Wildman–Crippen LogP) is 3.91. The first-order chi connectivity index (χ1) is 13.3. The third kappa shape index (κ3) is 5.12. The Morgan fingerprint density at radius 2 is 1.44 bits per heavy atom. The van der Waals surface area contributed by atoms with Gasteiger partial charge in [-0.25, -0.2) is 10.4 Å².